The highest BCUT2D eigenvalue weighted by atomic mass is 16.5. The van der Waals surface area contributed by atoms with E-state index in [2.05, 4.69) is 10.2 Å². The number of rotatable bonds is 10. The van der Waals surface area contributed by atoms with Crippen molar-refractivity contribution in [2.24, 2.45) is 0 Å². The van der Waals surface area contributed by atoms with Gasteiger partial charge in [0.05, 0.1) is 19.8 Å². The quantitative estimate of drug-likeness (QED) is 0.664. The molecule has 5 nitrogen and oxygen atoms in total. The number of benzene rings is 2. The highest BCUT2D eigenvalue weighted by molar-refractivity contribution is 5.75. The van der Waals surface area contributed by atoms with Crippen LogP contribution in [-0.4, -0.2) is 45.2 Å². The lowest BCUT2D eigenvalue weighted by atomic mass is 10.1. The molecule has 0 saturated heterocycles. The second-order valence-electron chi connectivity index (χ2n) is 6.32. The van der Waals surface area contributed by atoms with Crippen LogP contribution in [0.4, 0.5) is 0 Å². The van der Waals surface area contributed by atoms with Crippen LogP contribution in [0.3, 0.4) is 0 Å². The lowest BCUT2D eigenvalue weighted by Gasteiger charge is -2.25. The molecule has 0 aliphatic carbocycles. The summed E-state index contributed by atoms with van der Waals surface area (Å²) in [6.07, 6.45) is 1.14. The molecular formula is C21H28N2O3. The molecule has 0 heterocycles. The molecule has 0 aliphatic rings. The van der Waals surface area contributed by atoms with Gasteiger partial charge in [-0.3, -0.25) is 4.79 Å². The Morgan fingerprint density at radius 1 is 1.04 bits per heavy atom. The van der Waals surface area contributed by atoms with Gasteiger partial charge in [-0.2, -0.15) is 0 Å². The molecule has 1 atom stereocenters. The average Bonchev–Trinajstić information content (AvgIpc) is 2.66. The van der Waals surface area contributed by atoms with E-state index in [1.165, 1.54) is 0 Å². The van der Waals surface area contributed by atoms with E-state index in [9.17, 15) is 4.79 Å². The van der Waals surface area contributed by atoms with Crippen molar-refractivity contribution < 1.29 is 14.3 Å². The standard InChI is InChI=1S/C21H28N2O3/c1-23(2)20(17-11-13-18(25-3)14-12-17)16-22-21(24)10-7-15-26-19-8-5-4-6-9-19/h4-6,8-9,11-14,20H,7,10,15-16H2,1-3H3,(H,22,24). The van der Waals surface area contributed by atoms with Gasteiger partial charge in [0.2, 0.25) is 5.91 Å². The molecule has 0 spiro atoms. The highest BCUT2D eigenvalue weighted by Gasteiger charge is 2.15. The minimum absolute atomic E-state index is 0.0435. The largest absolute Gasteiger partial charge is 0.497 e. The van der Waals surface area contributed by atoms with Gasteiger partial charge in [-0.15, -0.1) is 0 Å². The third-order valence-electron chi connectivity index (χ3n) is 4.18. The van der Waals surface area contributed by atoms with Crippen LogP contribution in [0.5, 0.6) is 11.5 Å². The van der Waals surface area contributed by atoms with E-state index in [-0.39, 0.29) is 11.9 Å². The maximum Gasteiger partial charge on any atom is 0.220 e. The smallest absolute Gasteiger partial charge is 0.220 e. The molecule has 0 aromatic heterocycles. The van der Waals surface area contributed by atoms with Gasteiger partial charge >= 0.3 is 0 Å². The Morgan fingerprint density at radius 2 is 1.73 bits per heavy atom. The normalized spacial score (nSPS) is 11.8. The van der Waals surface area contributed by atoms with Gasteiger partial charge in [0.15, 0.2) is 0 Å². The van der Waals surface area contributed by atoms with Crippen molar-refractivity contribution in [3.05, 3.63) is 60.2 Å². The fourth-order valence-electron chi connectivity index (χ4n) is 2.66. The summed E-state index contributed by atoms with van der Waals surface area (Å²) in [5, 5.41) is 3.02. The molecule has 5 heteroatoms. The number of hydrogen-bond donors (Lipinski definition) is 1. The molecule has 0 fully saturated rings. The van der Waals surface area contributed by atoms with Crippen molar-refractivity contribution >= 4 is 5.91 Å². The Balaban J connectivity index is 1.74. The van der Waals surface area contributed by atoms with E-state index < -0.39 is 0 Å². The molecule has 2 aromatic rings. The highest BCUT2D eigenvalue weighted by Crippen LogP contribution is 2.20. The van der Waals surface area contributed by atoms with E-state index in [1.807, 2.05) is 68.7 Å². The van der Waals surface area contributed by atoms with Gasteiger partial charge in [0.25, 0.3) is 0 Å². The first-order chi connectivity index (χ1) is 12.6. The first kappa shape index (κ1) is 19.8. The lowest BCUT2D eigenvalue weighted by Crippen LogP contribution is -2.34. The summed E-state index contributed by atoms with van der Waals surface area (Å²) in [5.41, 5.74) is 1.14. The maximum atomic E-state index is 12.1. The Kier molecular flexibility index (Phi) is 7.96. The summed E-state index contributed by atoms with van der Waals surface area (Å²) in [4.78, 5) is 14.2. The fourth-order valence-corrected chi connectivity index (χ4v) is 2.66. The van der Waals surface area contributed by atoms with Crippen LogP contribution in [0.15, 0.2) is 54.6 Å². The molecule has 2 rings (SSSR count). The average molecular weight is 356 g/mol. The molecule has 2 aromatic carbocycles. The van der Waals surface area contributed by atoms with Crippen LogP contribution in [0, 0.1) is 0 Å². The van der Waals surface area contributed by atoms with Gasteiger partial charge in [-0.1, -0.05) is 30.3 Å². The van der Waals surface area contributed by atoms with Gasteiger partial charge in [-0.05, 0) is 50.3 Å². The molecular weight excluding hydrogens is 328 g/mol. The van der Waals surface area contributed by atoms with E-state index in [0.29, 0.717) is 26.0 Å². The Morgan fingerprint density at radius 3 is 2.35 bits per heavy atom. The number of carbonyl (C=O) groups is 1. The van der Waals surface area contributed by atoms with Crippen molar-refractivity contribution in [1.29, 1.82) is 0 Å². The van der Waals surface area contributed by atoms with Gasteiger partial charge < -0.3 is 19.7 Å². The maximum absolute atomic E-state index is 12.1. The van der Waals surface area contributed by atoms with Gasteiger partial charge in [0.1, 0.15) is 11.5 Å². The topological polar surface area (TPSA) is 50.8 Å². The van der Waals surface area contributed by atoms with Crippen LogP contribution in [-0.2, 0) is 4.79 Å². The summed E-state index contributed by atoms with van der Waals surface area (Å²) < 4.78 is 10.8. The summed E-state index contributed by atoms with van der Waals surface area (Å²) in [6.45, 7) is 1.10. The van der Waals surface area contributed by atoms with Crippen molar-refractivity contribution in [1.82, 2.24) is 10.2 Å². The summed E-state index contributed by atoms with van der Waals surface area (Å²) in [7, 11) is 5.67. The fraction of sp³-hybridized carbons (Fsp3) is 0.381. The number of likely N-dealkylation sites (N-methyl/N-ethyl adjacent to an activating group) is 1. The zero-order chi connectivity index (χ0) is 18.8. The molecule has 0 saturated carbocycles. The second kappa shape index (κ2) is 10.5. The SMILES string of the molecule is COc1ccc(C(CNC(=O)CCCOc2ccccc2)N(C)C)cc1. The Hall–Kier alpha value is -2.53. The summed E-state index contributed by atoms with van der Waals surface area (Å²) in [6, 6.07) is 17.7. The number of ether oxygens (including phenoxy) is 2. The van der Waals surface area contributed by atoms with Crippen molar-refractivity contribution in [3.8, 4) is 11.5 Å². The van der Waals surface area contributed by atoms with Crippen LogP contribution >= 0.6 is 0 Å². The van der Waals surface area contributed by atoms with Crippen LogP contribution in [0.1, 0.15) is 24.4 Å². The third-order valence-corrected chi connectivity index (χ3v) is 4.18. The first-order valence-corrected chi connectivity index (χ1v) is 8.85. The molecule has 1 N–H and O–H groups in total. The minimum atomic E-state index is 0.0435. The van der Waals surface area contributed by atoms with E-state index in [4.69, 9.17) is 9.47 Å². The number of methoxy groups -OCH3 is 1. The minimum Gasteiger partial charge on any atom is -0.497 e. The number of carbonyl (C=O) groups excluding carboxylic acids is 1. The van der Waals surface area contributed by atoms with Crippen molar-refractivity contribution in [2.45, 2.75) is 18.9 Å². The van der Waals surface area contributed by atoms with E-state index in [0.717, 1.165) is 17.1 Å². The van der Waals surface area contributed by atoms with E-state index >= 15 is 0 Å². The van der Waals surface area contributed by atoms with Crippen LogP contribution in [0.25, 0.3) is 0 Å². The number of hydrogen-bond acceptors (Lipinski definition) is 4. The van der Waals surface area contributed by atoms with Gasteiger partial charge in [0, 0.05) is 13.0 Å². The molecule has 1 amide bonds. The second-order valence-corrected chi connectivity index (χ2v) is 6.32. The molecule has 26 heavy (non-hydrogen) atoms. The number of amides is 1. The predicted molar refractivity (Wildman–Crippen MR) is 104 cm³/mol. The Labute approximate surface area is 155 Å². The van der Waals surface area contributed by atoms with Crippen molar-refractivity contribution in [3.63, 3.8) is 0 Å². The number of para-hydroxylation sites is 1. The zero-order valence-electron chi connectivity index (χ0n) is 15.8. The number of nitrogens with one attached hydrogen (secondary N) is 1. The molecule has 1 unspecified atom stereocenters. The monoisotopic (exact) mass is 356 g/mol. The van der Waals surface area contributed by atoms with Crippen LogP contribution < -0.4 is 14.8 Å². The lowest BCUT2D eigenvalue weighted by molar-refractivity contribution is -0.121. The molecule has 0 aliphatic heterocycles. The van der Waals surface area contributed by atoms with Gasteiger partial charge in [-0.25, -0.2) is 0 Å². The van der Waals surface area contributed by atoms with Crippen LogP contribution in [0.2, 0.25) is 0 Å². The van der Waals surface area contributed by atoms with Crippen molar-refractivity contribution in [2.75, 3.05) is 34.4 Å². The predicted octanol–water partition coefficient (Wildman–Crippen LogP) is 3.27. The first-order valence-electron chi connectivity index (χ1n) is 8.85. The zero-order valence-corrected chi connectivity index (χ0v) is 15.8. The summed E-state index contributed by atoms with van der Waals surface area (Å²) in [5.74, 6) is 1.70. The molecule has 140 valence electrons. The molecule has 0 bridgehead atoms. The third kappa shape index (κ3) is 6.41. The summed E-state index contributed by atoms with van der Waals surface area (Å²) >= 11 is 0. The van der Waals surface area contributed by atoms with E-state index in [1.54, 1.807) is 7.11 Å². The Bertz CT molecular complexity index is 657. The number of nitrogens with zero attached hydrogens (tertiary/aromatic N) is 1. The molecule has 0 radical (unpaired) electrons.